The molecule has 0 aliphatic heterocycles. The molecule has 0 aromatic heterocycles. The Kier molecular flexibility index (Phi) is 5.12. The number of carbonyl (C=O) groups is 1. The maximum atomic E-state index is 11.6. The van der Waals surface area contributed by atoms with Crippen LogP contribution < -0.4 is 0 Å². The molecule has 1 aliphatic rings. The molecule has 0 bridgehead atoms. The molecule has 1 unspecified atom stereocenters. The Morgan fingerprint density at radius 2 is 2.14 bits per heavy atom. The number of hydrogen-bond donors (Lipinski definition) is 1. The Bertz CT molecular complexity index is 173. The quantitative estimate of drug-likeness (QED) is 0.707. The normalized spacial score (nSPS) is 19.9. The lowest BCUT2D eigenvalue weighted by atomic mass is 9.98. The summed E-state index contributed by atoms with van der Waals surface area (Å²) in [5.74, 6) is 0.613. The number of carbonyl (C=O) groups excluding carboxylic acids is 1. The molecule has 1 rings (SSSR count). The van der Waals surface area contributed by atoms with Crippen molar-refractivity contribution in [2.24, 2.45) is 5.92 Å². The Labute approximate surface area is 85.5 Å². The number of aliphatic hydroxyl groups excluding tert-OH is 1. The third-order valence-electron chi connectivity index (χ3n) is 2.89. The van der Waals surface area contributed by atoms with Crippen molar-refractivity contribution in [2.75, 3.05) is 13.7 Å². The van der Waals surface area contributed by atoms with Crippen molar-refractivity contribution < 1.29 is 14.6 Å². The first-order valence-electron chi connectivity index (χ1n) is 5.43. The smallest absolute Gasteiger partial charge is 0.136 e. The number of hydrogen-bond acceptors (Lipinski definition) is 3. The Balaban J connectivity index is 2.13. The second-order valence-electron chi connectivity index (χ2n) is 4.10. The Morgan fingerprint density at radius 3 is 2.71 bits per heavy atom. The average molecular weight is 200 g/mol. The molecule has 1 aliphatic carbocycles. The van der Waals surface area contributed by atoms with Crippen molar-refractivity contribution >= 4 is 5.78 Å². The summed E-state index contributed by atoms with van der Waals surface area (Å²) in [6.45, 7) is 0.331. The van der Waals surface area contributed by atoms with Gasteiger partial charge in [0.25, 0.3) is 0 Å². The minimum Gasteiger partial charge on any atom is -0.391 e. The Hall–Kier alpha value is -0.410. The molecule has 1 atom stereocenters. The molecular formula is C11H20O3. The predicted octanol–water partition coefficient (Wildman–Crippen LogP) is 1.53. The van der Waals surface area contributed by atoms with E-state index in [4.69, 9.17) is 4.74 Å². The van der Waals surface area contributed by atoms with E-state index in [1.807, 2.05) is 0 Å². The van der Waals surface area contributed by atoms with Gasteiger partial charge < -0.3 is 9.84 Å². The van der Waals surface area contributed by atoms with Gasteiger partial charge in [0.15, 0.2) is 0 Å². The maximum absolute atomic E-state index is 11.6. The maximum Gasteiger partial charge on any atom is 0.136 e. The fourth-order valence-corrected chi connectivity index (χ4v) is 2.04. The minimum atomic E-state index is -0.481. The van der Waals surface area contributed by atoms with Gasteiger partial charge in [-0.1, -0.05) is 12.8 Å². The van der Waals surface area contributed by atoms with Crippen molar-refractivity contribution in [2.45, 2.75) is 44.6 Å². The van der Waals surface area contributed by atoms with Gasteiger partial charge in [0.2, 0.25) is 0 Å². The topological polar surface area (TPSA) is 46.5 Å². The molecule has 0 saturated heterocycles. The number of ether oxygens (including phenoxy) is 1. The zero-order chi connectivity index (χ0) is 10.4. The lowest BCUT2D eigenvalue weighted by Gasteiger charge is -2.11. The van der Waals surface area contributed by atoms with E-state index in [2.05, 4.69) is 0 Å². The van der Waals surface area contributed by atoms with Crippen molar-refractivity contribution in [3.05, 3.63) is 0 Å². The fourth-order valence-electron chi connectivity index (χ4n) is 2.04. The van der Waals surface area contributed by atoms with Crippen LogP contribution in [0.1, 0.15) is 38.5 Å². The second-order valence-corrected chi connectivity index (χ2v) is 4.10. The van der Waals surface area contributed by atoms with E-state index in [1.165, 1.54) is 12.8 Å². The van der Waals surface area contributed by atoms with Gasteiger partial charge in [-0.2, -0.15) is 0 Å². The number of ketones is 1. The third-order valence-corrected chi connectivity index (χ3v) is 2.89. The summed E-state index contributed by atoms with van der Waals surface area (Å²) in [4.78, 5) is 11.6. The number of rotatable bonds is 6. The average Bonchev–Trinajstić information content (AvgIpc) is 2.67. The van der Waals surface area contributed by atoms with Gasteiger partial charge in [0.1, 0.15) is 5.78 Å². The molecule has 3 heteroatoms. The molecule has 1 fully saturated rings. The van der Waals surface area contributed by atoms with E-state index in [0.717, 1.165) is 12.8 Å². The van der Waals surface area contributed by atoms with Gasteiger partial charge in [-0.25, -0.2) is 0 Å². The van der Waals surface area contributed by atoms with Gasteiger partial charge >= 0.3 is 0 Å². The van der Waals surface area contributed by atoms with Crippen LogP contribution in [0.25, 0.3) is 0 Å². The van der Waals surface area contributed by atoms with Gasteiger partial charge in [0, 0.05) is 19.4 Å². The van der Waals surface area contributed by atoms with E-state index < -0.39 is 6.10 Å². The molecule has 0 heterocycles. The SMILES string of the molecule is COCC(O)CCC(=O)C1CCCC1. The van der Waals surface area contributed by atoms with E-state index >= 15 is 0 Å². The van der Waals surface area contributed by atoms with Gasteiger partial charge in [0.05, 0.1) is 12.7 Å². The zero-order valence-electron chi connectivity index (χ0n) is 8.87. The highest BCUT2D eigenvalue weighted by Gasteiger charge is 2.22. The largest absolute Gasteiger partial charge is 0.391 e. The van der Waals surface area contributed by atoms with E-state index in [9.17, 15) is 9.90 Å². The molecule has 1 N–H and O–H groups in total. The molecule has 0 spiro atoms. The standard InChI is InChI=1S/C11H20O3/c1-14-8-10(12)6-7-11(13)9-4-2-3-5-9/h9-10,12H,2-8H2,1H3. The van der Waals surface area contributed by atoms with E-state index in [-0.39, 0.29) is 5.92 Å². The summed E-state index contributed by atoms with van der Waals surface area (Å²) < 4.78 is 4.80. The van der Waals surface area contributed by atoms with Gasteiger partial charge in [-0.3, -0.25) is 4.79 Å². The first-order valence-corrected chi connectivity index (χ1v) is 5.43. The lowest BCUT2D eigenvalue weighted by Crippen LogP contribution is -2.18. The van der Waals surface area contributed by atoms with Crippen molar-refractivity contribution in [1.29, 1.82) is 0 Å². The summed E-state index contributed by atoms with van der Waals surface area (Å²) in [5, 5.41) is 9.36. The monoisotopic (exact) mass is 200 g/mol. The van der Waals surface area contributed by atoms with Crippen LogP contribution >= 0.6 is 0 Å². The number of aliphatic hydroxyl groups is 1. The van der Waals surface area contributed by atoms with Crippen LogP contribution in [-0.4, -0.2) is 30.7 Å². The predicted molar refractivity (Wildman–Crippen MR) is 54.1 cm³/mol. The van der Waals surface area contributed by atoms with Crippen molar-refractivity contribution in [1.82, 2.24) is 0 Å². The fraction of sp³-hybridized carbons (Fsp3) is 0.909. The third kappa shape index (κ3) is 3.76. The molecule has 3 nitrogen and oxygen atoms in total. The summed E-state index contributed by atoms with van der Waals surface area (Å²) in [5.41, 5.74) is 0. The molecule has 0 aromatic rings. The number of Topliss-reactive ketones (excluding diaryl/α,β-unsaturated/α-hetero) is 1. The minimum absolute atomic E-state index is 0.282. The second kappa shape index (κ2) is 6.14. The molecule has 14 heavy (non-hydrogen) atoms. The Morgan fingerprint density at radius 1 is 1.50 bits per heavy atom. The van der Waals surface area contributed by atoms with Crippen molar-refractivity contribution in [3.63, 3.8) is 0 Å². The summed E-state index contributed by atoms with van der Waals surface area (Å²) in [7, 11) is 1.56. The molecule has 0 radical (unpaired) electrons. The summed E-state index contributed by atoms with van der Waals surface area (Å²) >= 11 is 0. The van der Waals surface area contributed by atoms with Crippen LogP contribution in [0, 0.1) is 5.92 Å². The van der Waals surface area contributed by atoms with Crippen LogP contribution in [0.2, 0.25) is 0 Å². The first kappa shape index (κ1) is 11.7. The molecule has 0 amide bonds. The van der Waals surface area contributed by atoms with Crippen LogP contribution in [0.5, 0.6) is 0 Å². The highest BCUT2D eigenvalue weighted by molar-refractivity contribution is 5.81. The van der Waals surface area contributed by atoms with E-state index in [1.54, 1.807) is 7.11 Å². The molecular weight excluding hydrogens is 180 g/mol. The van der Waals surface area contributed by atoms with Crippen LogP contribution in [-0.2, 0) is 9.53 Å². The van der Waals surface area contributed by atoms with Crippen LogP contribution in [0.3, 0.4) is 0 Å². The van der Waals surface area contributed by atoms with Gasteiger partial charge in [-0.05, 0) is 19.3 Å². The first-order chi connectivity index (χ1) is 6.74. The zero-order valence-corrected chi connectivity index (χ0v) is 8.87. The highest BCUT2D eigenvalue weighted by Crippen LogP contribution is 2.26. The summed E-state index contributed by atoms with van der Waals surface area (Å²) in [6.07, 6.45) is 5.07. The van der Waals surface area contributed by atoms with Crippen molar-refractivity contribution in [3.8, 4) is 0 Å². The van der Waals surface area contributed by atoms with Crippen LogP contribution in [0.15, 0.2) is 0 Å². The number of methoxy groups -OCH3 is 1. The lowest BCUT2D eigenvalue weighted by molar-refractivity contribution is -0.123. The van der Waals surface area contributed by atoms with E-state index in [0.29, 0.717) is 25.2 Å². The molecule has 82 valence electrons. The van der Waals surface area contributed by atoms with Crippen LogP contribution in [0.4, 0.5) is 0 Å². The molecule has 1 saturated carbocycles. The highest BCUT2D eigenvalue weighted by atomic mass is 16.5. The van der Waals surface area contributed by atoms with Gasteiger partial charge in [-0.15, -0.1) is 0 Å². The summed E-state index contributed by atoms with van der Waals surface area (Å²) in [6, 6.07) is 0. The molecule has 0 aromatic carbocycles.